The first-order chi connectivity index (χ1) is 14.6. The summed E-state index contributed by atoms with van der Waals surface area (Å²) in [4.78, 5) is 31.4. The van der Waals surface area contributed by atoms with Crippen molar-refractivity contribution in [1.82, 2.24) is 9.88 Å². The standard InChI is InChI=1S/C23H24N2O5/c1-2-29-17-7-5-16(6-8-17)21(26)19-20(15-9-11-24-12-10-15)25(23(28)22(19)27)14-18-4-3-13-30-18/h5-12,18,20,26H,2-4,13-14H2,1H3/b21-19-. The minimum Gasteiger partial charge on any atom is -0.507 e. The second-order valence-electron chi connectivity index (χ2n) is 7.32. The molecule has 0 aliphatic carbocycles. The van der Waals surface area contributed by atoms with Crippen molar-refractivity contribution in [2.24, 2.45) is 0 Å². The highest BCUT2D eigenvalue weighted by atomic mass is 16.5. The Kier molecular flexibility index (Phi) is 5.81. The number of carbonyl (C=O) groups excluding carboxylic acids is 2. The average Bonchev–Trinajstić information content (AvgIpc) is 3.37. The van der Waals surface area contributed by atoms with Crippen LogP contribution in [0.1, 0.15) is 36.9 Å². The van der Waals surface area contributed by atoms with Gasteiger partial charge in [-0.25, -0.2) is 0 Å². The molecular weight excluding hydrogens is 384 g/mol. The lowest BCUT2D eigenvalue weighted by Crippen LogP contribution is -2.36. The second-order valence-corrected chi connectivity index (χ2v) is 7.32. The van der Waals surface area contributed by atoms with Gasteiger partial charge in [0.1, 0.15) is 11.5 Å². The summed E-state index contributed by atoms with van der Waals surface area (Å²) in [5.74, 6) is -0.854. The number of aromatic nitrogens is 1. The highest BCUT2D eigenvalue weighted by molar-refractivity contribution is 6.46. The SMILES string of the molecule is CCOc1ccc(/C(O)=C2/C(=O)C(=O)N(CC3CCCO3)C2c2ccncc2)cc1. The van der Waals surface area contributed by atoms with Crippen LogP contribution in [-0.4, -0.2) is 52.5 Å². The number of rotatable bonds is 6. The molecule has 7 nitrogen and oxygen atoms in total. The second kappa shape index (κ2) is 8.67. The first kappa shape index (κ1) is 20.1. The molecule has 3 heterocycles. The Hall–Kier alpha value is -3.19. The third-order valence-electron chi connectivity index (χ3n) is 5.42. The van der Waals surface area contributed by atoms with Crippen LogP contribution >= 0.6 is 0 Å². The third kappa shape index (κ3) is 3.80. The topological polar surface area (TPSA) is 89.0 Å². The van der Waals surface area contributed by atoms with E-state index in [0.717, 1.165) is 18.4 Å². The van der Waals surface area contributed by atoms with Gasteiger partial charge in [-0.15, -0.1) is 0 Å². The molecule has 2 aliphatic rings. The van der Waals surface area contributed by atoms with Gasteiger partial charge >= 0.3 is 0 Å². The molecule has 2 unspecified atom stereocenters. The lowest BCUT2D eigenvalue weighted by atomic mass is 9.96. The summed E-state index contributed by atoms with van der Waals surface area (Å²) in [6, 6.07) is 9.62. The summed E-state index contributed by atoms with van der Waals surface area (Å²) in [6.45, 7) is 3.37. The van der Waals surface area contributed by atoms with E-state index in [-0.39, 0.29) is 17.4 Å². The lowest BCUT2D eigenvalue weighted by Gasteiger charge is -2.27. The van der Waals surface area contributed by atoms with Gasteiger partial charge in [0.05, 0.1) is 24.3 Å². The molecule has 0 radical (unpaired) electrons. The smallest absolute Gasteiger partial charge is 0.295 e. The number of likely N-dealkylation sites (tertiary alicyclic amines) is 1. The van der Waals surface area contributed by atoms with E-state index in [1.807, 2.05) is 6.92 Å². The number of nitrogens with zero attached hydrogens (tertiary/aromatic N) is 2. The first-order valence-corrected chi connectivity index (χ1v) is 10.1. The number of amides is 1. The number of pyridine rings is 1. The Morgan fingerprint density at radius 2 is 1.93 bits per heavy atom. The van der Waals surface area contributed by atoms with Crippen molar-refractivity contribution in [3.05, 3.63) is 65.5 Å². The van der Waals surface area contributed by atoms with Gasteiger partial charge in [0, 0.05) is 31.1 Å². The number of hydrogen-bond acceptors (Lipinski definition) is 6. The monoisotopic (exact) mass is 408 g/mol. The van der Waals surface area contributed by atoms with E-state index in [1.165, 1.54) is 4.90 Å². The maximum absolute atomic E-state index is 13.0. The quantitative estimate of drug-likeness (QED) is 0.449. The molecule has 1 aromatic heterocycles. The Morgan fingerprint density at radius 1 is 1.20 bits per heavy atom. The molecule has 1 aromatic carbocycles. The van der Waals surface area contributed by atoms with E-state index in [2.05, 4.69) is 4.98 Å². The predicted octanol–water partition coefficient (Wildman–Crippen LogP) is 3.08. The molecular formula is C23H24N2O5. The van der Waals surface area contributed by atoms with Gasteiger partial charge in [-0.3, -0.25) is 14.6 Å². The molecule has 1 N–H and O–H groups in total. The Balaban J connectivity index is 1.76. The molecule has 2 aliphatic heterocycles. The van der Waals surface area contributed by atoms with Gasteiger partial charge in [0.15, 0.2) is 0 Å². The maximum Gasteiger partial charge on any atom is 0.295 e. The summed E-state index contributed by atoms with van der Waals surface area (Å²) in [5, 5.41) is 11.0. The van der Waals surface area contributed by atoms with E-state index in [4.69, 9.17) is 9.47 Å². The van der Waals surface area contributed by atoms with Crippen molar-refractivity contribution in [2.45, 2.75) is 31.9 Å². The van der Waals surface area contributed by atoms with Crippen LogP contribution in [0.3, 0.4) is 0 Å². The fourth-order valence-electron chi connectivity index (χ4n) is 4.00. The van der Waals surface area contributed by atoms with Crippen LogP contribution in [0.4, 0.5) is 0 Å². The van der Waals surface area contributed by atoms with Crippen molar-refractivity contribution >= 4 is 17.4 Å². The third-order valence-corrected chi connectivity index (χ3v) is 5.42. The van der Waals surface area contributed by atoms with Crippen LogP contribution in [0.15, 0.2) is 54.4 Å². The van der Waals surface area contributed by atoms with Crippen molar-refractivity contribution in [3.8, 4) is 5.75 Å². The van der Waals surface area contributed by atoms with Crippen LogP contribution in [0.5, 0.6) is 5.75 Å². The zero-order valence-electron chi connectivity index (χ0n) is 16.8. The Bertz CT molecular complexity index is 949. The predicted molar refractivity (Wildman–Crippen MR) is 110 cm³/mol. The first-order valence-electron chi connectivity index (χ1n) is 10.1. The number of ketones is 1. The fourth-order valence-corrected chi connectivity index (χ4v) is 4.00. The zero-order valence-corrected chi connectivity index (χ0v) is 16.8. The van der Waals surface area contributed by atoms with E-state index in [9.17, 15) is 14.7 Å². The minimum atomic E-state index is -0.693. The van der Waals surface area contributed by atoms with Gasteiger partial charge in [-0.2, -0.15) is 0 Å². The summed E-state index contributed by atoms with van der Waals surface area (Å²) in [5.41, 5.74) is 1.25. The number of hydrogen-bond donors (Lipinski definition) is 1. The summed E-state index contributed by atoms with van der Waals surface area (Å²) in [7, 11) is 0. The molecule has 1 amide bonds. The number of Topliss-reactive ketones (excluding diaryl/α,β-unsaturated/α-hetero) is 1. The Morgan fingerprint density at radius 3 is 2.57 bits per heavy atom. The summed E-state index contributed by atoms with van der Waals surface area (Å²) < 4.78 is 11.1. The molecule has 2 atom stereocenters. The summed E-state index contributed by atoms with van der Waals surface area (Å²) >= 11 is 0. The minimum absolute atomic E-state index is 0.0772. The van der Waals surface area contributed by atoms with Gasteiger partial charge in [-0.05, 0) is 61.7 Å². The maximum atomic E-state index is 13.0. The average molecular weight is 408 g/mol. The molecule has 2 aromatic rings. The molecule has 0 spiro atoms. The lowest BCUT2D eigenvalue weighted by molar-refractivity contribution is -0.140. The van der Waals surface area contributed by atoms with Gasteiger partial charge < -0.3 is 19.5 Å². The van der Waals surface area contributed by atoms with Crippen molar-refractivity contribution in [3.63, 3.8) is 0 Å². The van der Waals surface area contributed by atoms with E-state index in [0.29, 0.717) is 31.1 Å². The molecule has 0 saturated carbocycles. The van der Waals surface area contributed by atoms with Crippen LogP contribution < -0.4 is 4.74 Å². The number of aliphatic hydroxyl groups is 1. The molecule has 4 rings (SSSR count). The normalized spacial score (nSPS) is 23.2. The molecule has 30 heavy (non-hydrogen) atoms. The molecule has 7 heteroatoms. The number of benzene rings is 1. The van der Waals surface area contributed by atoms with Crippen molar-refractivity contribution in [2.75, 3.05) is 19.8 Å². The van der Waals surface area contributed by atoms with Gasteiger partial charge in [-0.1, -0.05) is 0 Å². The molecule has 2 saturated heterocycles. The number of carbonyl (C=O) groups is 2. The highest BCUT2D eigenvalue weighted by Gasteiger charge is 2.47. The van der Waals surface area contributed by atoms with Crippen molar-refractivity contribution < 1.29 is 24.2 Å². The number of aliphatic hydroxyl groups excluding tert-OH is 1. The van der Waals surface area contributed by atoms with Gasteiger partial charge in [0.25, 0.3) is 11.7 Å². The summed E-state index contributed by atoms with van der Waals surface area (Å²) in [6.07, 6.45) is 4.88. The fraction of sp³-hybridized carbons (Fsp3) is 0.348. The van der Waals surface area contributed by atoms with Crippen LogP contribution in [0.25, 0.3) is 5.76 Å². The van der Waals surface area contributed by atoms with Crippen LogP contribution in [-0.2, 0) is 14.3 Å². The zero-order chi connectivity index (χ0) is 21.1. The molecule has 2 fully saturated rings. The highest BCUT2D eigenvalue weighted by Crippen LogP contribution is 2.40. The van der Waals surface area contributed by atoms with Crippen LogP contribution in [0, 0.1) is 0 Å². The largest absolute Gasteiger partial charge is 0.507 e. The van der Waals surface area contributed by atoms with Gasteiger partial charge in [0.2, 0.25) is 0 Å². The van der Waals surface area contributed by atoms with E-state index < -0.39 is 17.7 Å². The molecule has 0 bridgehead atoms. The van der Waals surface area contributed by atoms with Crippen molar-refractivity contribution in [1.29, 1.82) is 0 Å². The molecule has 156 valence electrons. The van der Waals surface area contributed by atoms with E-state index >= 15 is 0 Å². The van der Waals surface area contributed by atoms with E-state index in [1.54, 1.807) is 48.8 Å². The number of ether oxygens (including phenoxy) is 2. The Labute approximate surface area is 174 Å². The van der Waals surface area contributed by atoms with Crippen LogP contribution in [0.2, 0.25) is 0 Å².